The molecule has 4 nitrogen and oxygen atoms in total. The third-order valence-electron chi connectivity index (χ3n) is 3.51. The van der Waals surface area contributed by atoms with Crippen LogP contribution in [0.3, 0.4) is 0 Å². The van der Waals surface area contributed by atoms with E-state index in [4.69, 9.17) is 5.73 Å². The number of benzene rings is 1. The molecule has 0 aliphatic rings. The second kappa shape index (κ2) is 6.70. The Hall–Kier alpha value is -1.21. The van der Waals surface area contributed by atoms with Gasteiger partial charge in [-0.2, -0.15) is 0 Å². The second-order valence-corrected chi connectivity index (χ2v) is 7.52. The minimum Gasteiger partial charge on any atom is -0.399 e. The number of hydrogen-bond donors (Lipinski definition) is 2. The van der Waals surface area contributed by atoms with E-state index >= 15 is 0 Å². The fourth-order valence-electron chi connectivity index (χ4n) is 2.36. The van der Waals surface area contributed by atoms with Crippen LogP contribution in [0.2, 0.25) is 0 Å². The molecule has 0 saturated heterocycles. The monoisotopic (exact) mass is 320 g/mol. The van der Waals surface area contributed by atoms with E-state index in [0.717, 1.165) is 12.1 Å². The van der Waals surface area contributed by atoms with E-state index in [9.17, 15) is 17.2 Å². The summed E-state index contributed by atoms with van der Waals surface area (Å²) in [6.07, 6.45) is 0. The van der Waals surface area contributed by atoms with Gasteiger partial charge in [-0.1, -0.05) is 27.7 Å². The van der Waals surface area contributed by atoms with E-state index in [2.05, 4.69) is 4.72 Å². The first-order chi connectivity index (χ1) is 9.56. The van der Waals surface area contributed by atoms with E-state index < -0.39 is 26.6 Å². The lowest BCUT2D eigenvalue weighted by Gasteiger charge is -2.25. The smallest absolute Gasteiger partial charge is 0.246 e. The van der Waals surface area contributed by atoms with Gasteiger partial charge < -0.3 is 5.73 Å². The highest BCUT2D eigenvalue weighted by Crippen LogP contribution is 2.23. The van der Waals surface area contributed by atoms with Gasteiger partial charge in [-0.3, -0.25) is 0 Å². The van der Waals surface area contributed by atoms with Gasteiger partial charge in [-0.15, -0.1) is 0 Å². The SMILES string of the molecule is CC(C)C(CNS(=O)(=O)c1c(F)cc(N)cc1F)C(C)C. The van der Waals surface area contributed by atoms with Crippen LogP contribution in [0.25, 0.3) is 0 Å². The summed E-state index contributed by atoms with van der Waals surface area (Å²) in [7, 11) is -4.26. The van der Waals surface area contributed by atoms with Crippen LogP contribution in [0.5, 0.6) is 0 Å². The van der Waals surface area contributed by atoms with Crippen molar-refractivity contribution >= 4 is 15.7 Å². The summed E-state index contributed by atoms with van der Waals surface area (Å²) in [5.74, 6) is -1.82. The van der Waals surface area contributed by atoms with Gasteiger partial charge in [0.2, 0.25) is 10.0 Å². The number of nitrogens with two attached hydrogens (primary N) is 1. The van der Waals surface area contributed by atoms with E-state index in [0.29, 0.717) is 0 Å². The normalized spacial score (nSPS) is 12.6. The van der Waals surface area contributed by atoms with Gasteiger partial charge in [0.15, 0.2) is 4.90 Å². The molecule has 0 aromatic heterocycles. The van der Waals surface area contributed by atoms with E-state index in [-0.39, 0.29) is 30.0 Å². The molecule has 0 spiro atoms. The highest BCUT2D eigenvalue weighted by molar-refractivity contribution is 7.89. The maximum Gasteiger partial charge on any atom is 0.246 e. The van der Waals surface area contributed by atoms with Crippen molar-refractivity contribution in [2.24, 2.45) is 17.8 Å². The molecule has 0 fully saturated rings. The van der Waals surface area contributed by atoms with Crippen molar-refractivity contribution in [1.29, 1.82) is 0 Å². The highest BCUT2D eigenvalue weighted by atomic mass is 32.2. The Kier molecular flexibility index (Phi) is 5.69. The van der Waals surface area contributed by atoms with Crippen LogP contribution in [-0.4, -0.2) is 15.0 Å². The molecule has 1 aromatic rings. The average molecular weight is 320 g/mol. The van der Waals surface area contributed by atoms with Gasteiger partial charge in [0.05, 0.1) is 0 Å². The third-order valence-corrected chi connectivity index (χ3v) is 4.99. The number of nitrogen functional groups attached to an aromatic ring is 1. The Morgan fingerprint density at radius 3 is 1.90 bits per heavy atom. The van der Waals surface area contributed by atoms with E-state index in [1.165, 1.54) is 0 Å². The van der Waals surface area contributed by atoms with Crippen LogP contribution in [0, 0.1) is 29.4 Å². The van der Waals surface area contributed by atoms with Crippen LogP contribution in [0.4, 0.5) is 14.5 Å². The lowest BCUT2D eigenvalue weighted by Crippen LogP contribution is -2.34. The predicted molar refractivity (Wildman–Crippen MR) is 79.1 cm³/mol. The van der Waals surface area contributed by atoms with Crippen LogP contribution >= 0.6 is 0 Å². The summed E-state index contributed by atoms with van der Waals surface area (Å²) in [5.41, 5.74) is 5.12. The number of hydrogen-bond acceptors (Lipinski definition) is 3. The summed E-state index contributed by atoms with van der Waals surface area (Å²) in [5, 5.41) is 0. The Balaban J connectivity index is 3.03. The van der Waals surface area contributed by atoms with Crippen molar-refractivity contribution in [3.63, 3.8) is 0 Å². The fourth-order valence-corrected chi connectivity index (χ4v) is 3.54. The topological polar surface area (TPSA) is 72.2 Å². The molecular weight excluding hydrogens is 298 g/mol. The van der Waals surface area contributed by atoms with Crippen molar-refractivity contribution in [3.05, 3.63) is 23.8 Å². The molecule has 0 aliphatic carbocycles. The standard InChI is InChI=1S/C14H22F2N2O2S/c1-8(2)11(9(3)4)7-18-21(19,20)14-12(15)5-10(17)6-13(14)16/h5-6,8-9,11,18H,7,17H2,1-4H3. The Labute approximate surface area is 124 Å². The maximum atomic E-state index is 13.7. The molecule has 120 valence electrons. The van der Waals surface area contributed by atoms with E-state index in [1.54, 1.807) is 0 Å². The van der Waals surface area contributed by atoms with Crippen LogP contribution in [0.15, 0.2) is 17.0 Å². The van der Waals surface area contributed by atoms with Gasteiger partial charge in [0.1, 0.15) is 11.6 Å². The lowest BCUT2D eigenvalue weighted by atomic mass is 9.86. The van der Waals surface area contributed by atoms with Crippen LogP contribution < -0.4 is 10.5 Å². The van der Waals surface area contributed by atoms with Crippen molar-refractivity contribution in [2.75, 3.05) is 12.3 Å². The molecule has 0 unspecified atom stereocenters. The van der Waals surface area contributed by atoms with Gasteiger partial charge in [0, 0.05) is 12.2 Å². The minimum atomic E-state index is -4.26. The van der Waals surface area contributed by atoms with E-state index in [1.807, 2.05) is 27.7 Å². The Morgan fingerprint density at radius 1 is 1.10 bits per heavy atom. The molecule has 1 rings (SSSR count). The zero-order valence-corrected chi connectivity index (χ0v) is 13.5. The zero-order valence-electron chi connectivity index (χ0n) is 12.7. The number of anilines is 1. The molecule has 0 amide bonds. The molecule has 0 saturated carbocycles. The van der Waals surface area contributed by atoms with Crippen LogP contribution in [0.1, 0.15) is 27.7 Å². The van der Waals surface area contributed by atoms with Crippen molar-refractivity contribution in [2.45, 2.75) is 32.6 Å². The lowest BCUT2D eigenvalue weighted by molar-refractivity contribution is 0.289. The first kappa shape index (κ1) is 17.8. The first-order valence-electron chi connectivity index (χ1n) is 6.80. The van der Waals surface area contributed by atoms with Gasteiger partial charge in [0.25, 0.3) is 0 Å². The maximum absolute atomic E-state index is 13.7. The molecule has 0 bridgehead atoms. The Bertz CT molecular complexity index is 570. The molecule has 21 heavy (non-hydrogen) atoms. The minimum absolute atomic E-state index is 0.0691. The second-order valence-electron chi connectivity index (χ2n) is 5.82. The fraction of sp³-hybridized carbons (Fsp3) is 0.571. The average Bonchev–Trinajstić information content (AvgIpc) is 2.25. The largest absolute Gasteiger partial charge is 0.399 e. The number of sulfonamides is 1. The van der Waals surface area contributed by atoms with Crippen LogP contribution in [-0.2, 0) is 10.0 Å². The van der Waals surface area contributed by atoms with Gasteiger partial charge >= 0.3 is 0 Å². The van der Waals surface area contributed by atoms with Crippen molar-refractivity contribution in [1.82, 2.24) is 4.72 Å². The van der Waals surface area contributed by atoms with Gasteiger partial charge in [-0.25, -0.2) is 21.9 Å². The molecule has 1 aromatic carbocycles. The predicted octanol–water partition coefficient (Wildman–Crippen LogP) is 2.75. The van der Waals surface area contributed by atoms with Gasteiger partial charge in [-0.05, 0) is 29.9 Å². The van der Waals surface area contributed by atoms with Crippen molar-refractivity contribution in [3.8, 4) is 0 Å². The molecule has 3 N–H and O–H groups in total. The third kappa shape index (κ3) is 4.38. The molecule has 0 radical (unpaired) electrons. The summed E-state index contributed by atoms with van der Waals surface area (Å²) in [4.78, 5) is -0.983. The summed E-state index contributed by atoms with van der Waals surface area (Å²) < 4.78 is 53.9. The van der Waals surface area contributed by atoms with Crippen molar-refractivity contribution < 1.29 is 17.2 Å². The zero-order chi connectivity index (χ0) is 16.4. The molecule has 0 heterocycles. The molecular formula is C14H22F2N2O2S. The number of halogens is 2. The summed E-state index contributed by atoms with van der Waals surface area (Å²) >= 11 is 0. The molecule has 0 aliphatic heterocycles. The highest BCUT2D eigenvalue weighted by Gasteiger charge is 2.27. The quantitative estimate of drug-likeness (QED) is 0.792. The number of rotatable bonds is 6. The summed E-state index contributed by atoms with van der Waals surface area (Å²) in [6, 6.07) is 1.58. The summed E-state index contributed by atoms with van der Waals surface area (Å²) in [6.45, 7) is 8.03. The molecule has 7 heteroatoms. The number of nitrogens with one attached hydrogen (secondary N) is 1. The first-order valence-corrected chi connectivity index (χ1v) is 8.28. The molecule has 0 atom stereocenters. The Morgan fingerprint density at radius 2 is 1.52 bits per heavy atom.